The minimum Gasteiger partial charge on any atom is -0.480 e. The van der Waals surface area contributed by atoms with Crippen LogP contribution < -0.4 is 5.73 Å². The number of nitrogens with zero attached hydrogens (tertiary/aromatic N) is 3. The van der Waals surface area contributed by atoms with E-state index < -0.39 is 12.0 Å². The normalized spacial score (nSPS) is 12.1. The molecule has 17 heavy (non-hydrogen) atoms. The molecule has 0 radical (unpaired) electrons. The molecular formula is C11H10N4O2. The first-order valence-electron chi connectivity index (χ1n) is 4.91. The first-order chi connectivity index (χ1) is 8.18. The molecular weight excluding hydrogens is 220 g/mol. The van der Waals surface area contributed by atoms with E-state index in [1.807, 2.05) is 6.07 Å². The predicted octanol–water partition coefficient (Wildman–Crippen LogP) is 0.623. The summed E-state index contributed by atoms with van der Waals surface area (Å²) in [6, 6.07) is 5.81. The average molecular weight is 230 g/mol. The fraction of sp³-hybridized carbons (Fsp3) is 0.0909. The van der Waals surface area contributed by atoms with Crippen LogP contribution in [0.5, 0.6) is 0 Å². The zero-order valence-corrected chi connectivity index (χ0v) is 8.82. The van der Waals surface area contributed by atoms with Gasteiger partial charge in [0.2, 0.25) is 0 Å². The summed E-state index contributed by atoms with van der Waals surface area (Å²) in [5, 5.41) is 8.78. The zero-order valence-electron chi connectivity index (χ0n) is 8.82. The lowest BCUT2D eigenvalue weighted by Gasteiger charge is -2.06. The molecule has 0 amide bonds. The van der Waals surface area contributed by atoms with Crippen molar-refractivity contribution in [1.29, 1.82) is 0 Å². The number of carboxylic acids is 1. The highest BCUT2D eigenvalue weighted by Crippen LogP contribution is 2.14. The molecule has 0 aliphatic heterocycles. The molecule has 0 aliphatic rings. The number of aliphatic carboxylic acids is 1. The van der Waals surface area contributed by atoms with Crippen molar-refractivity contribution >= 4 is 5.97 Å². The Morgan fingerprint density at radius 1 is 1.18 bits per heavy atom. The van der Waals surface area contributed by atoms with Gasteiger partial charge in [0.15, 0.2) is 11.9 Å². The van der Waals surface area contributed by atoms with E-state index in [0.29, 0.717) is 11.4 Å². The summed E-state index contributed by atoms with van der Waals surface area (Å²) >= 11 is 0. The van der Waals surface area contributed by atoms with Gasteiger partial charge in [0.25, 0.3) is 0 Å². The van der Waals surface area contributed by atoms with E-state index in [1.165, 1.54) is 6.20 Å². The Kier molecular flexibility index (Phi) is 3.06. The van der Waals surface area contributed by atoms with Gasteiger partial charge in [-0.05, 0) is 18.2 Å². The molecule has 0 spiro atoms. The van der Waals surface area contributed by atoms with Gasteiger partial charge in [0.1, 0.15) is 0 Å². The van der Waals surface area contributed by atoms with Gasteiger partial charge < -0.3 is 10.8 Å². The summed E-state index contributed by atoms with van der Waals surface area (Å²) in [6.07, 6.45) is 3.10. The molecule has 0 bridgehead atoms. The van der Waals surface area contributed by atoms with Crippen LogP contribution >= 0.6 is 0 Å². The molecule has 0 fully saturated rings. The highest BCUT2D eigenvalue weighted by Gasteiger charge is 2.17. The van der Waals surface area contributed by atoms with Crippen molar-refractivity contribution in [3.63, 3.8) is 0 Å². The standard InChI is InChI=1S/C11H10N4O2/c12-9(11(16)17)10-14-6-4-8(15-10)7-3-1-2-5-13-7/h1-6,9H,12H2,(H,16,17). The monoisotopic (exact) mass is 230 g/mol. The van der Waals surface area contributed by atoms with Crippen molar-refractivity contribution in [2.24, 2.45) is 5.73 Å². The van der Waals surface area contributed by atoms with Crippen LogP contribution in [0.1, 0.15) is 11.9 Å². The second-order valence-corrected chi connectivity index (χ2v) is 3.33. The molecule has 2 heterocycles. The van der Waals surface area contributed by atoms with Gasteiger partial charge in [-0.15, -0.1) is 0 Å². The Labute approximate surface area is 97.2 Å². The van der Waals surface area contributed by atoms with Gasteiger partial charge in [-0.1, -0.05) is 6.07 Å². The molecule has 1 unspecified atom stereocenters. The quantitative estimate of drug-likeness (QED) is 0.801. The molecule has 6 nitrogen and oxygen atoms in total. The van der Waals surface area contributed by atoms with Crippen molar-refractivity contribution in [3.05, 3.63) is 42.5 Å². The number of aromatic nitrogens is 3. The Morgan fingerprint density at radius 2 is 2.00 bits per heavy atom. The van der Waals surface area contributed by atoms with Gasteiger partial charge in [0.05, 0.1) is 11.4 Å². The van der Waals surface area contributed by atoms with Gasteiger partial charge in [-0.2, -0.15) is 0 Å². The smallest absolute Gasteiger partial charge is 0.328 e. The second kappa shape index (κ2) is 4.67. The number of hydrogen-bond acceptors (Lipinski definition) is 5. The summed E-state index contributed by atoms with van der Waals surface area (Å²) in [5.74, 6) is -1.09. The number of carbonyl (C=O) groups is 1. The molecule has 2 aromatic rings. The minimum absolute atomic E-state index is 0.0700. The average Bonchev–Trinajstić information content (AvgIpc) is 2.39. The third kappa shape index (κ3) is 2.43. The number of pyridine rings is 1. The summed E-state index contributed by atoms with van der Waals surface area (Å²) in [5.41, 5.74) is 6.64. The lowest BCUT2D eigenvalue weighted by molar-refractivity contribution is -0.138. The maximum atomic E-state index is 10.7. The third-order valence-electron chi connectivity index (χ3n) is 2.15. The summed E-state index contributed by atoms with van der Waals surface area (Å²) in [7, 11) is 0. The lowest BCUT2D eigenvalue weighted by Crippen LogP contribution is -2.23. The molecule has 3 N–H and O–H groups in total. The van der Waals surface area contributed by atoms with Crippen LogP contribution in [0.3, 0.4) is 0 Å². The van der Waals surface area contributed by atoms with E-state index in [0.717, 1.165) is 0 Å². The van der Waals surface area contributed by atoms with Gasteiger partial charge >= 0.3 is 5.97 Å². The van der Waals surface area contributed by atoms with Gasteiger partial charge in [0, 0.05) is 12.4 Å². The van der Waals surface area contributed by atoms with Crippen molar-refractivity contribution in [2.45, 2.75) is 6.04 Å². The Bertz CT molecular complexity index is 530. The van der Waals surface area contributed by atoms with Gasteiger partial charge in [-0.3, -0.25) is 9.78 Å². The number of hydrogen-bond donors (Lipinski definition) is 2. The van der Waals surface area contributed by atoms with Crippen LogP contribution in [0.4, 0.5) is 0 Å². The molecule has 0 aliphatic carbocycles. The van der Waals surface area contributed by atoms with E-state index in [4.69, 9.17) is 10.8 Å². The molecule has 0 saturated heterocycles. The van der Waals surface area contributed by atoms with Crippen LogP contribution in [0.25, 0.3) is 11.4 Å². The minimum atomic E-state index is -1.22. The summed E-state index contributed by atoms with van der Waals surface area (Å²) < 4.78 is 0. The van der Waals surface area contributed by atoms with E-state index in [1.54, 1.807) is 24.4 Å². The highest BCUT2D eigenvalue weighted by molar-refractivity contribution is 5.74. The highest BCUT2D eigenvalue weighted by atomic mass is 16.4. The predicted molar refractivity (Wildman–Crippen MR) is 59.8 cm³/mol. The Hall–Kier alpha value is -2.34. The number of nitrogens with two attached hydrogens (primary N) is 1. The lowest BCUT2D eigenvalue weighted by atomic mass is 10.2. The molecule has 2 rings (SSSR count). The fourth-order valence-corrected chi connectivity index (χ4v) is 1.29. The fourth-order valence-electron chi connectivity index (χ4n) is 1.29. The SMILES string of the molecule is NC(C(=O)O)c1nccc(-c2ccccn2)n1. The first kappa shape index (κ1) is 11.2. The largest absolute Gasteiger partial charge is 0.480 e. The molecule has 86 valence electrons. The zero-order chi connectivity index (χ0) is 12.3. The van der Waals surface area contributed by atoms with Crippen LogP contribution in [0.15, 0.2) is 36.7 Å². The second-order valence-electron chi connectivity index (χ2n) is 3.33. The summed E-state index contributed by atoms with van der Waals surface area (Å²) in [6.45, 7) is 0. The van der Waals surface area contributed by atoms with Crippen LogP contribution in [0, 0.1) is 0 Å². The topological polar surface area (TPSA) is 102 Å². The number of carboxylic acid groups (broad SMARTS) is 1. The van der Waals surface area contributed by atoms with Crippen LogP contribution in [-0.4, -0.2) is 26.0 Å². The summed E-state index contributed by atoms with van der Waals surface area (Å²) in [4.78, 5) is 22.8. The molecule has 0 saturated carbocycles. The van der Waals surface area contributed by atoms with Crippen LogP contribution in [0.2, 0.25) is 0 Å². The van der Waals surface area contributed by atoms with Gasteiger partial charge in [-0.25, -0.2) is 9.97 Å². The number of rotatable bonds is 3. The van der Waals surface area contributed by atoms with E-state index in [-0.39, 0.29) is 5.82 Å². The molecule has 6 heteroatoms. The third-order valence-corrected chi connectivity index (χ3v) is 2.15. The Balaban J connectivity index is 2.39. The first-order valence-corrected chi connectivity index (χ1v) is 4.91. The molecule has 1 atom stereocenters. The van der Waals surface area contributed by atoms with Crippen LogP contribution in [-0.2, 0) is 4.79 Å². The molecule has 0 aromatic carbocycles. The van der Waals surface area contributed by atoms with Crippen molar-refractivity contribution in [1.82, 2.24) is 15.0 Å². The van der Waals surface area contributed by atoms with E-state index in [9.17, 15) is 4.79 Å². The molecule has 2 aromatic heterocycles. The maximum absolute atomic E-state index is 10.7. The Morgan fingerprint density at radius 3 is 2.65 bits per heavy atom. The van der Waals surface area contributed by atoms with Crippen molar-refractivity contribution in [2.75, 3.05) is 0 Å². The van der Waals surface area contributed by atoms with Crippen molar-refractivity contribution < 1.29 is 9.90 Å². The van der Waals surface area contributed by atoms with E-state index >= 15 is 0 Å². The van der Waals surface area contributed by atoms with E-state index in [2.05, 4.69) is 15.0 Å². The van der Waals surface area contributed by atoms with Crippen molar-refractivity contribution in [3.8, 4) is 11.4 Å². The maximum Gasteiger partial charge on any atom is 0.328 e.